The van der Waals surface area contributed by atoms with Crippen LogP contribution in [0, 0.1) is 5.82 Å². The summed E-state index contributed by atoms with van der Waals surface area (Å²) in [4.78, 5) is 8.92. The van der Waals surface area contributed by atoms with Crippen molar-refractivity contribution < 1.29 is 8.91 Å². The van der Waals surface area contributed by atoms with Crippen molar-refractivity contribution in [3.63, 3.8) is 0 Å². The third kappa shape index (κ3) is 4.00. The highest BCUT2D eigenvalue weighted by Crippen LogP contribution is 2.34. The van der Waals surface area contributed by atoms with E-state index in [1.807, 2.05) is 6.07 Å². The SMILES string of the molecule is CN1CCC(c2noc(-c3cc4c(nn3)CCCN4Cc3c(Cl)ccc(F)c3Cl)n2)C1. The number of aromatic nitrogens is 4. The molecule has 3 aromatic rings. The van der Waals surface area contributed by atoms with Gasteiger partial charge in [-0.2, -0.15) is 10.1 Å². The summed E-state index contributed by atoms with van der Waals surface area (Å²) >= 11 is 12.5. The van der Waals surface area contributed by atoms with Gasteiger partial charge in [-0.3, -0.25) is 0 Å². The minimum atomic E-state index is -0.484. The fourth-order valence-corrected chi connectivity index (χ4v) is 4.73. The van der Waals surface area contributed by atoms with E-state index < -0.39 is 5.82 Å². The van der Waals surface area contributed by atoms with Crippen LogP contribution in [0.4, 0.5) is 10.1 Å². The second-order valence-corrected chi connectivity index (χ2v) is 8.90. The monoisotopic (exact) mass is 462 g/mol. The Hall–Kier alpha value is -2.29. The summed E-state index contributed by atoms with van der Waals surface area (Å²) in [5.74, 6) is 0.839. The van der Waals surface area contributed by atoms with Gasteiger partial charge in [-0.1, -0.05) is 28.4 Å². The Labute approximate surface area is 189 Å². The van der Waals surface area contributed by atoms with Crippen LogP contribution < -0.4 is 4.90 Å². The van der Waals surface area contributed by atoms with Gasteiger partial charge in [-0.25, -0.2) is 4.39 Å². The lowest BCUT2D eigenvalue weighted by Crippen LogP contribution is -2.30. The summed E-state index contributed by atoms with van der Waals surface area (Å²) in [5, 5.41) is 13.4. The van der Waals surface area contributed by atoms with E-state index in [-0.39, 0.29) is 10.9 Å². The molecule has 0 N–H and O–H groups in total. The largest absolute Gasteiger partial charge is 0.365 e. The number of benzene rings is 1. The van der Waals surface area contributed by atoms with Gasteiger partial charge in [0.2, 0.25) is 0 Å². The maximum absolute atomic E-state index is 14.0. The van der Waals surface area contributed by atoms with E-state index in [1.54, 1.807) is 0 Å². The van der Waals surface area contributed by atoms with Gasteiger partial charge in [-0.05, 0) is 51.1 Å². The predicted molar refractivity (Wildman–Crippen MR) is 116 cm³/mol. The highest BCUT2D eigenvalue weighted by molar-refractivity contribution is 6.36. The number of rotatable bonds is 4. The van der Waals surface area contributed by atoms with Gasteiger partial charge in [0.1, 0.15) is 5.82 Å². The molecule has 0 aliphatic carbocycles. The number of aryl methyl sites for hydroxylation is 1. The molecule has 2 aliphatic rings. The molecule has 0 bridgehead atoms. The maximum Gasteiger partial charge on any atom is 0.278 e. The summed E-state index contributed by atoms with van der Waals surface area (Å²) in [7, 11) is 2.08. The van der Waals surface area contributed by atoms with Crippen molar-refractivity contribution in [3.05, 3.63) is 51.1 Å². The first kappa shape index (κ1) is 20.6. The molecular formula is C21H21Cl2FN6O. The Balaban J connectivity index is 1.44. The quantitative estimate of drug-likeness (QED) is 0.533. The molecule has 4 heterocycles. The smallest absolute Gasteiger partial charge is 0.278 e. The van der Waals surface area contributed by atoms with Crippen molar-refractivity contribution in [2.45, 2.75) is 31.7 Å². The minimum Gasteiger partial charge on any atom is -0.365 e. The maximum atomic E-state index is 14.0. The number of halogens is 3. The molecule has 1 unspecified atom stereocenters. The zero-order chi connectivity index (χ0) is 21.5. The molecule has 0 amide bonds. The van der Waals surface area contributed by atoms with Crippen molar-refractivity contribution in [2.24, 2.45) is 0 Å². The average molecular weight is 463 g/mol. The van der Waals surface area contributed by atoms with E-state index in [1.165, 1.54) is 12.1 Å². The Morgan fingerprint density at radius 3 is 2.90 bits per heavy atom. The van der Waals surface area contributed by atoms with E-state index in [0.717, 1.165) is 50.3 Å². The number of hydrogen-bond acceptors (Lipinski definition) is 7. The van der Waals surface area contributed by atoms with Crippen molar-refractivity contribution in [2.75, 3.05) is 31.6 Å². The standard InChI is InChI=1S/C21H21Cl2FN6O/c1-29-8-6-12(10-29)20-25-21(31-28-20)17-9-18-16(26-27-17)3-2-7-30(18)11-13-14(22)4-5-15(24)19(13)23/h4-5,9,12H,2-3,6-8,10-11H2,1H3. The van der Waals surface area contributed by atoms with Gasteiger partial charge in [0.15, 0.2) is 11.5 Å². The summed E-state index contributed by atoms with van der Waals surface area (Å²) in [6.45, 7) is 3.08. The second kappa shape index (κ2) is 8.33. The number of likely N-dealkylation sites (N-methyl/N-ethyl adjacent to an activating group) is 1. The molecule has 0 saturated carbocycles. The molecule has 2 aliphatic heterocycles. The lowest BCUT2D eigenvalue weighted by molar-refractivity contribution is 0.396. The third-order valence-corrected chi connectivity index (χ3v) is 6.70. The number of hydrogen-bond donors (Lipinski definition) is 0. The molecule has 0 spiro atoms. The zero-order valence-electron chi connectivity index (χ0n) is 17.0. The van der Waals surface area contributed by atoms with Crippen molar-refractivity contribution >= 4 is 28.9 Å². The lowest BCUT2D eigenvalue weighted by Gasteiger charge is -2.31. The molecule has 1 fully saturated rings. The molecule has 1 atom stereocenters. The van der Waals surface area contributed by atoms with Gasteiger partial charge < -0.3 is 14.3 Å². The van der Waals surface area contributed by atoms with Crippen LogP contribution in [0.15, 0.2) is 22.7 Å². The Morgan fingerprint density at radius 1 is 1.23 bits per heavy atom. The first-order valence-electron chi connectivity index (χ1n) is 10.3. The van der Waals surface area contributed by atoms with Gasteiger partial charge >= 0.3 is 0 Å². The summed E-state index contributed by atoms with van der Waals surface area (Å²) < 4.78 is 19.5. The van der Waals surface area contributed by atoms with Crippen LogP contribution in [0.3, 0.4) is 0 Å². The van der Waals surface area contributed by atoms with Crippen LogP contribution in [0.25, 0.3) is 11.6 Å². The first-order chi connectivity index (χ1) is 15.0. The van der Waals surface area contributed by atoms with Gasteiger partial charge in [0, 0.05) is 36.1 Å². The number of nitrogens with zero attached hydrogens (tertiary/aromatic N) is 6. The predicted octanol–water partition coefficient (Wildman–Crippen LogP) is 4.34. The summed E-state index contributed by atoms with van der Waals surface area (Å²) in [6, 6.07) is 4.71. The highest BCUT2D eigenvalue weighted by atomic mass is 35.5. The van der Waals surface area contributed by atoms with E-state index in [0.29, 0.717) is 34.5 Å². The molecule has 7 nitrogen and oxygen atoms in total. The Bertz CT molecular complexity index is 1120. The normalized spacial score (nSPS) is 19.1. The van der Waals surface area contributed by atoms with Crippen LogP contribution in [-0.2, 0) is 13.0 Å². The van der Waals surface area contributed by atoms with Gasteiger partial charge in [0.05, 0.1) is 16.4 Å². The van der Waals surface area contributed by atoms with E-state index in [4.69, 9.17) is 27.7 Å². The summed E-state index contributed by atoms with van der Waals surface area (Å²) in [5.41, 5.74) is 2.84. The molecule has 1 saturated heterocycles. The number of likely N-dealkylation sites (tertiary alicyclic amines) is 1. The molecule has 0 radical (unpaired) electrons. The zero-order valence-corrected chi connectivity index (χ0v) is 18.5. The lowest BCUT2D eigenvalue weighted by atomic mass is 10.1. The second-order valence-electron chi connectivity index (χ2n) is 8.11. The van der Waals surface area contributed by atoms with Crippen LogP contribution in [-0.4, -0.2) is 51.9 Å². The topological polar surface area (TPSA) is 71.2 Å². The molecule has 1 aromatic carbocycles. The van der Waals surface area contributed by atoms with Crippen molar-refractivity contribution in [1.82, 2.24) is 25.2 Å². The van der Waals surface area contributed by atoms with Crippen LogP contribution in [0.1, 0.15) is 35.8 Å². The van der Waals surface area contributed by atoms with E-state index in [9.17, 15) is 4.39 Å². The van der Waals surface area contributed by atoms with Crippen LogP contribution >= 0.6 is 23.2 Å². The highest BCUT2D eigenvalue weighted by Gasteiger charge is 2.27. The van der Waals surface area contributed by atoms with Gasteiger partial charge in [-0.15, -0.1) is 5.10 Å². The first-order valence-corrected chi connectivity index (χ1v) is 11.0. The molecule has 10 heteroatoms. The Kier molecular flexibility index (Phi) is 5.54. The Morgan fingerprint density at radius 2 is 2.10 bits per heavy atom. The average Bonchev–Trinajstić information content (AvgIpc) is 3.43. The van der Waals surface area contributed by atoms with Crippen molar-refractivity contribution in [1.29, 1.82) is 0 Å². The number of anilines is 1. The molecule has 2 aromatic heterocycles. The van der Waals surface area contributed by atoms with Gasteiger partial charge in [0.25, 0.3) is 5.89 Å². The van der Waals surface area contributed by atoms with Crippen molar-refractivity contribution in [3.8, 4) is 11.6 Å². The van der Waals surface area contributed by atoms with E-state index in [2.05, 4.69) is 37.2 Å². The minimum absolute atomic E-state index is 0.0462. The fourth-order valence-electron chi connectivity index (χ4n) is 4.24. The third-order valence-electron chi connectivity index (χ3n) is 5.94. The fraction of sp³-hybridized carbons (Fsp3) is 0.429. The molecule has 5 rings (SSSR count). The van der Waals surface area contributed by atoms with E-state index >= 15 is 0 Å². The van der Waals surface area contributed by atoms with Crippen LogP contribution in [0.5, 0.6) is 0 Å². The number of fused-ring (bicyclic) bond motifs is 1. The molecule has 31 heavy (non-hydrogen) atoms. The summed E-state index contributed by atoms with van der Waals surface area (Å²) in [6.07, 6.45) is 2.73. The molecular weight excluding hydrogens is 442 g/mol. The van der Waals surface area contributed by atoms with Crippen LogP contribution in [0.2, 0.25) is 10.0 Å². The molecule has 162 valence electrons.